The predicted molar refractivity (Wildman–Crippen MR) is 85.2 cm³/mol. The van der Waals surface area contributed by atoms with Crippen molar-refractivity contribution < 1.29 is 14.3 Å². The number of fused-ring (bicyclic) bond motifs is 1. The number of amides is 1. The Balaban J connectivity index is 1.63. The average Bonchev–Trinajstić information content (AvgIpc) is 2.93. The number of hydrogen-bond donors (Lipinski definition) is 1. The van der Waals surface area contributed by atoms with Crippen molar-refractivity contribution in [1.82, 2.24) is 4.90 Å². The van der Waals surface area contributed by atoms with Crippen molar-refractivity contribution in [3.8, 4) is 11.5 Å². The topological polar surface area (TPSA) is 50.8 Å². The highest BCUT2D eigenvalue weighted by Crippen LogP contribution is 2.34. The molecule has 0 aliphatic carbocycles. The highest BCUT2D eigenvalue weighted by Gasteiger charge is 2.29. The van der Waals surface area contributed by atoms with Gasteiger partial charge in [0.1, 0.15) is 0 Å². The molecule has 5 heteroatoms. The van der Waals surface area contributed by atoms with Gasteiger partial charge in [0, 0.05) is 24.8 Å². The Bertz CT molecular complexity index is 551. The Hall–Kier alpha value is -1.75. The van der Waals surface area contributed by atoms with Gasteiger partial charge >= 0.3 is 0 Å². The van der Waals surface area contributed by atoms with Gasteiger partial charge in [0.2, 0.25) is 12.7 Å². The van der Waals surface area contributed by atoms with E-state index in [9.17, 15) is 4.79 Å². The maximum atomic E-state index is 12.5. The first kappa shape index (κ1) is 15.2. The molecular weight excluding hydrogens is 280 g/mol. The van der Waals surface area contributed by atoms with Crippen molar-refractivity contribution in [2.45, 2.75) is 33.2 Å². The molecule has 1 amide bonds. The quantitative estimate of drug-likeness (QED) is 0.933. The molecule has 2 aliphatic rings. The smallest absolute Gasteiger partial charge is 0.241 e. The summed E-state index contributed by atoms with van der Waals surface area (Å²) in [5, 5.41) is 2.98. The second-order valence-corrected chi connectivity index (χ2v) is 6.63. The van der Waals surface area contributed by atoms with Gasteiger partial charge in [0.15, 0.2) is 11.5 Å². The number of carbonyl (C=O) groups excluding carboxylic acids is 1. The fourth-order valence-electron chi connectivity index (χ4n) is 3.41. The van der Waals surface area contributed by atoms with Gasteiger partial charge in [0.25, 0.3) is 0 Å². The van der Waals surface area contributed by atoms with E-state index in [-0.39, 0.29) is 18.7 Å². The molecule has 0 aromatic heterocycles. The van der Waals surface area contributed by atoms with E-state index in [0.29, 0.717) is 17.6 Å². The van der Waals surface area contributed by atoms with Crippen molar-refractivity contribution in [3.63, 3.8) is 0 Å². The molecule has 1 fully saturated rings. The second-order valence-electron chi connectivity index (χ2n) is 6.63. The van der Waals surface area contributed by atoms with Gasteiger partial charge in [0.05, 0.1) is 6.04 Å². The van der Waals surface area contributed by atoms with Crippen molar-refractivity contribution in [3.05, 3.63) is 18.2 Å². The van der Waals surface area contributed by atoms with Crippen molar-refractivity contribution in [1.29, 1.82) is 0 Å². The van der Waals surface area contributed by atoms with Crippen LogP contribution in [0.15, 0.2) is 18.2 Å². The summed E-state index contributed by atoms with van der Waals surface area (Å²) in [6.45, 7) is 8.70. The van der Waals surface area contributed by atoms with Crippen molar-refractivity contribution in [2.75, 3.05) is 25.2 Å². The summed E-state index contributed by atoms with van der Waals surface area (Å²) in [7, 11) is 0. The molecule has 0 spiro atoms. The number of likely N-dealkylation sites (tertiary alicyclic amines) is 1. The van der Waals surface area contributed by atoms with Crippen LogP contribution in [0.1, 0.15) is 27.2 Å². The lowest BCUT2D eigenvalue weighted by Crippen LogP contribution is -2.48. The minimum Gasteiger partial charge on any atom is -0.454 e. The lowest BCUT2D eigenvalue weighted by Gasteiger charge is -2.38. The van der Waals surface area contributed by atoms with E-state index in [1.165, 1.54) is 6.42 Å². The molecule has 1 aromatic rings. The van der Waals surface area contributed by atoms with Crippen LogP contribution >= 0.6 is 0 Å². The fourth-order valence-corrected chi connectivity index (χ4v) is 3.41. The molecule has 0 saturated carbocycles. The lowest BCUT2D eigenvalue weighted by molar-refractivity contribution is -0.121. The summed E-state index contributed by atoms with van der Waals surface area (Å²) in [5.74, 6) is 2.73. The Morgan fingerprint density at radius 1 is 1.23 bits per heavy atom. The zero-order chi connectivity index (χ0) is 15.7. The van der Waals surface area contributed by atoms with Crippen LogP contribution in [-0.2, 0) is 4.79 Å². The first-order valence-electron chi connectivity index (χ1n) is 7.97. The van der Waals surface area contributed by atoms with E-state index in [2.05, 4.69) is 24.1 Å². The molecule has 1 aromatic carbocycles. The number of benzene rings is 1. The average molecular weight is 304 g/mol. The molecule has 1 N–H and O–H groups in total. The number of ether oxygens (including phenoxy) is 2. The molecular formula is C17H24N2O3. The highest BCUT2D eigenvalue weighted by molar-refractivity contribution is 5.94. The third-order valence-electron chi connectivity index (χ3n) is 4.46. The zero-order valence-electron chi connectivity index (χ0n) is 13.5. The highest BCUT2D eigenvalue weighted by atomic mass is 16.7. The number of hydrogen-bond acceptors (Lipinski definition) is 4. The van der Waals surface area contributed by atoms with Crippen molar-refractivity contribution >= 4 is 11.6 Å². The zero-order valence-corrected chi connectivity index (χ0v) is 13.5. The molecule has 0 bridgehead atoms. The van der Waals surface area contributed by atoms with E-state index < -0.39 is 0 Å². The van der Waals surface area contributed by atoms with Gasteiger partial charge in [-0.05, 0) is 37.3 Å². The van der Waals surface area contributed by atoms with E-state index in [0.717, 1.165) is 24.5 Å². The number of nitrogens with zero attached hydrogens (tertiary/aromatic N) is 1. The second kappa shape index (κ2) is 6.16. The van der Waals surface area contributed by atoms with Crippen LogP contribution < -0.4 is 14.8 Å². The molecule has 3 rings (SSSR count). The number of anilines is 1. The summed E-state index contributed by atoms with van der Waals surface area (Å²) < 4.78 is 10.6. The Kier molecular flexibility index (Phi) is 4.25. The fraction of sp³-hybridized carbons (Fsp3) is 0.588. The molecule has 5 nitrogen and oxygen atoms in total. The van der Waals surface area contributed by atoms with Crippen LogP contribution in [0, 0.1) is 11.8 Å². The molecule has 2 aliphatic heterocycles. The van der Waals surface area contributed by atoms with Gasteiger partial charge in [-0.25, -0.2) is 0 Å². The van der Waals surface area contributed by atoms with E-state index in [4.69, 9.17) is 9.47 Å². The van der Waals surface area contributed by atoms with Crippen LogP contribution in [0.3, 0.4) is 0 Å². The largest absolute Gasteiger partial charge is 0.454 e. The van der Waals surface area contributed by atoms with E-state index >= 15 is 0 Å². The molecule has 1 saturated heterocycles. The van der Waals surface area contributed by atoms with Gasteiger partial charge < -0.3 is 14.8 Å². The van der Waals surface area contributed by atoms with Gasteiger partial charge in [-0.2, -0.15) is 0 Å². The maximum absolute atomic E-state index is 12.5. The summed E-state index contributed by atoms with van der Waals surface area (Å²) in [6.07, 6.45) is 1.24. The normalized spacial score (nSPS) is 25.8. The number of rotatable bonds is 3. The molecule has 0 unspecified atom stereocenters. The summed E-state index contributed by atoms with van der Waals surface area (Å²) in [6, 6.07) is 5.36. The SMILES string of the molecule is C[C@H]1C[C@H](C)CN([C@@H](C)C(=O)Nc2ccc3c(c2)OCO3)C1. The molecule has 3 atom stereocenters. The van der Waals surface area contributed by atoms with Crippen LogP contribution in [0.25, 0.3) is 0 Å². The standard InChI is InChI=1S/C17H24N2O3/c1-11-6-12(2)9-19(8-11)13(3)17(20)18-14-4-5-15-16(7-14)22-10-21-15/h4-5,7,11-13H,6,8-10H2,1-3H3,(H,18,20)/t11-,12-,13-/m0/s1. The summed E-state index contributed by atoms with van der Waals surface area (Å²) in [4.78, 5) is 14.8. The third-order valence-corrected chi connectivity index (χ3v) is 4.46. The number of carbonyl (C=O) groups is 1. The first-order valence-corrected chi connectivity index (χ1v) is 7.97. The van der Waals surface area contributed by atoms with E-state index in [1.54, 1.807) is 0 Å². The minimum absolute atomic E-state index is 0.0279. The van der Waals surface area contributed by atoms with Crippen molar-refractivity contribution in [2.24, 2.45) is 11.8 Å². The third kappa shape index (κ3) is 3.19. The van der Waals surface area contributed by atoms with Crippen LogP contribution in [0.2, 0.25) is 0 Å². The Morgan fingerprint density at radius 2 is 1.91 bits per heavy atom. The predicted octanol–water partition coefficient (Wildman–Crippen LogP) is 2.72. The number of piperidine rings is 1. The number of nitrogens with one attached hydrogen (secondary N) is 1. The van der Waals surface area contributed by atoms with Gasteiger partial charge in [-0.15, -0.1) is 0 Å². The summed E-state index contributed by atoms with van der Waals surface area (Å²) >= 11 is 0. The Labute approximate surface area is 131 Å². The van der Waals surface area contributed by atoms with Gasteiger partial charge in [-0.1, -0.05) is 13.8 Å². The summed E-state index contributed by atoms with van der Waals surface area (Å²) in [5.41, 5.74) is 0.749. The maximum Gasteiger partial charge on any atom is 0.241 e. The molecule has 120 valence electrons. The van der Waals surface area contributed by atoms with E-state index in [1.807, 2.05) is 25.1 Å². The van der Waals surface area contributed by atoms with Gasteiger partial charge in [-0.3, -0.25) is 9.69 Å². The lowest BCUT2D eigenvalue weighted by atomic mass is 9.91. The van der Waals surface area contributed by atoms with Crippen LogP contribution in [0.4, 0.5) is 5.69 Å². The molecule has 2 heterocycles. The van der Waals surface area contributed by atoms with Crippen LogP contribution in [-0.4, -0.2) is 36.7 Å². The molecule has 0 radical (unpaired) electrons. The monoisotopic (exact) mass is 304 g/mol. The minimum atomic E-state index is -0.129. The first-order chi connectivity index (χ1) is 10.5. The Morgan fingerprint density at radius 3 is 2.64 bits per heavy atom. The molecule has 22 heavy (non-hydrogen) atoms. The van der Waals surface area contributed by atoms with Crippen LogP contribution in [0.5, 0.6) is 11.5 Å².